The first kappa shape index (κ1) is 19.5. The fourth-order valence-electron chi connectivity index (χ4n) is 5.28. The van der Waals surface area contributed by atoms with Crippen LogP contribution < -0.4 is 5.32 Å². The molecule has 1 saturated carbocycles. The maximum atomic E-state index is 4.54. The highest BCUT2D eigenvalue weighted by Gasteiger charge is 2.30. The van der Waals surface area contributed by atoms with E-state index in [4.69, 9.17) is 0 Å². The molecular formula is C24H32N6. The molecule has 5 rings (SSSR count). The molecule has 0 bridgehead atoms. The minimum Gasteiger partial charge on any atom is -0.361 e. The minimum absolute atomic E-state index is 0.206. The lowest BCUT2D eigenvalue weighted by atomic mass is 9.86. The zero-order valence-electron chi connectivity index (χ0n) is 17.6. The van der Waals surface area contributed by atoms with Crippen LogP contribution in [0.4, 0.5) is 0 Å². The summed E-state index contributed by atoms with van der Waals surface area (Å²) >= 11 is 0. The Morgan fingerprint density at radius 1 is 1.10 bits per heavy atom. The van der Waals surface area contributed by atoms with Crippen molar-refractivity contribution in [1.29, 1.82) is 0 Å². The van der Waals surface area contributed by atoms with Gasteiger partial charge in [0.2, 0.25) is 0 Å². The van der Waals surface area contributed by atoms with Crippen molar-refractivity contribution in [2.75, 3.05) is 6.54 Å². The van der Waals surface area contributed by atoms with Gasteiger partial charge in [0.25, 0.3) is 0 Å². The zero-order chi connectivity index (χ0) is 20.2. The number of hydrogen-bond donors (Lipinski definition) is 2. The Kier molecular flexibility index (Phi) is 5.93. The smallest absolute Gasteiger partial charge is 0.168 e. The van der Waals surface area contributed by atoms with Gasteiger partial charge in [0.15, 0.2) is 5.82 Å². The molecule has 30 heavy (non-hydrogen) atoms. The number of benzene rings is 1. The van der Waals surface area contributed by atoms with Gasteiger partial charge in [-0.2, -0.15) is 0 Å². The molecule has 158 valence electrons. The van der Waals surface area contributed by atoms with Crippen LogP contribution in [0.15, 0.2) is 42.6 Å². The Labute approximate surface area is 178 Å². The van der Waals surface area contributed by atoms with Crippen LogP contribution in [0.25, 0.3) is 10.9 Å². The molecule has 2 aliphatic rings. The third-order valence-corrected chi connectivity index (χ3v) is 6.93. The molecule has 2 aromatic heterocycles. The number of nitrogens with zero attached hydrogens (tertiary/aromatic N) is 4. The highest BCUT2D eigenvalue weighted by atomic mass is 15.6. The van der Waals surface area contributed by atoms with Crippen molar-refractivity contribution in [2.24, 2.45) is 5.92 Å². The van der Waals surface area contributed by atoms with Crippen molar-refractivity contribution in [3.63, 3.8) is 0 Å². The molecular weight excluding hydrogens is 372 g/mol. The monoisotopic (exact) mass is 404 g/mol. The minimum atomic E-state index is 0.206. The second-order valence-corrected chi connectivity index (χ2v) is 8.86. The van der Waals surface area contributed by atoms with E-state index in [0.29, 0.717) is 12.0 Å². The van der Waals surface area contributed by atoms with Crippen LogP contribution in [0.5, 0.6) is 0 Å². The molecule has 1 fully saturated rings. The highest BCUT2D eigenvalue weighted by molar-refractivity contribution is 5.83. The normalized spacial score (nSPS) is 21.3. The van der Waals surface area contributed by atoms with Crippen LogP contribution in [-0.2, 0) is 6.42 Å². The van der Waals surface area contributed by atoms with Gasteiger partial charge in [-0.15, -0.1) is 5.10 Å². The van der Waals surface area contributed by atoms with Gasteiger partial charge in [0, 0.05) is 17.1 Å². The third-order valence-electron chi connectivity index (χ3n) is 6.93. The number of aromatic amines is 1. The molecule has 0 unspecified atom stereocenters. The molecule has 0 spiro atoms. The molecule has 2 aliphatic carbocycles. The van der Waals surface area contributed by atoms with E-state index in [9.17, 15) is 0 Å². The van der Waals surface area contributed by atoms with Crippen molar-refractivity contribution < 1.29 is 0 Å². The average molecular weight is 405 g/mol. The molecule has 6 heteroatoms. The number of rotatable bonds is 7. The van der Waals surface area contributed by atoms with Crippen LogP contribution in [0.3, 0.4) is 0 Å². The fourth-order valence-corrected chi connectivity index (χ4v) is 5.28. The standard InChI is InChI=1S/C24H32N6/c1-3-9-18(10-4-1)23(24-27-28-29-30(24)20-11-5-2-6-12-20)25-16-15-19-17-26-22-14-8-7-13-21(19)22/h1,3,7-8,13-14,17-18,20,23,25-26H,2,4-6,9-12,15-16H2/t18-,23+/m1/s1. The second-order valence-electron chi connectivity index (χ2n) is 8.86. The van der Waals surface area contributed by atoms with Gasteiger partial charge in [-0.25, -0.2) is 4.68 Å². The first-order chi connectivity index (χ1) is 14.9. The molecule has 2 N–H and O–H groups in total. The lowest BCUT2D eigenvalue weighted by Crippen LogP contribution is -2.34. The summed E-state index contributed by atoms with van der Waals surface area (Å²) in [5.41, 5.74) is 2.58. The Balaban J connectivity index is 1.34. The maximum Gasteiger partial charge on any atom is 0.168 e. The second kappa shape index (κ2) is 9.13. The Morgan fingerprint density at radius 2 is 2.00 bits per heavy atom. The van der Waals surface area contributed by atoms with Crippen molar-refractivity contribution in [1.82, 2.24) is 30.5 Å². The van der Waals surface area contributed by atoms with E-state index in [2.05, 4.69) is 73.1 Å². The van der Waals surface area contributed by atoms with E-state index in [1.807, 2.05) is 0 Å². The summed E-state index contributed by atoms with van der Waals surface area (Å²) < 4.78 is 2.15. The fraction of sp³-hybridized carbons (Fsp3) is 0.542. The molecule has 0 radical (unpaired) electrons. The van der Waals surface area contributed by atoms with Crippen LogP contribution in [-0.4, -0.2) is 31.7 Å². The Hall–Kier alpha value is -2.47. The molecule has 2 heterocycles. The molecule has 0 amide bonds. The first-order valence-electron chi connectivity index (χ1n) is 11.6. The number of allylic oxidation sites excluding steroid dienone is 2. The third kappa shape index (κ3) is 4.06. The van der Waals surface area contributed by atoms with E-state index in [1.165, 1.54) is 55.0 Å². The van der Waals surface area contributed by atoms with Gasteiger partial charge in [-0.05, 0) is 73.0 Å². The summed E-state index contributed by atoms with van der Waals surface area (Å²) in [5.74, 6) is 1.59. The van der Waals surface area contributed by atoms with E-state index in [0.717, 1.165) is 31.6 Å². The quantitative estimate of drug-likeness (QED) is 0.550. The number of para-hydroxylation sites is 1. The van der Waals surface area contributed by atoms with Crippen molar-refractivity contribution in [2.45, 2.75) is 69.9 Å². The number of aromatic nitrogens is 5. The van der Waals surface area contributed by atoms with Crippen LogP contribution in [0.2, 0.25) is 0 Å². The Morgan fingerprint density at radius 3 is 2.87 bits per heavy atom. The maximum absolute atomic E-state index is 4.54. The van der Waals surface area contributed by atoms with Gasteiger partial charge in [0.05, 0.1) is 12.1 Å². The zero-order valence-corrected chi connectivity index (χ0v) is 17.6. The summed E-state index contributed by atoms with van der Waals surface area (Å²) in [4.78, 5) is 3.40. The number of fused-ring (bicyclic) bond motifs is 1. The number of H-pyrrole nitrogens is 1. The Bertz CT molecular complexity index is 980. The highest BCUT2D eigenvalue weighted by Crippen LogP contribution is 2.34. The molecule has 6 nitrogen and oxygen atoms in total. The lowest BCUT2D eigenvalue weighted by Gasteiger charge is -2.30. The first-order valence-corrected chi connectivity index (χ1v) is 11.6. The topological polar surface area (TPSA) is 71.4 Å². The van der Waals surface area contributed by atoms with Crippen LogP contribution in [0, 0.1) is 5.92 Å². The van der Waals surface area contributed by atoms with Crippen molar-refractivity contribution in [3.05, 3.63) is 54.0 Å². The summed E-state index contributed by atoms with van der Waals surface area (Å²) in [6.45, 7) is 0.921. The summed E-state index contributed by atoms with van der Waals surface area (Å²) in [6, 6.07) is 9.20. The van der Waals surface area contributed by atoms with Gasteiger partial charge < -0.3 is 10.3 Å². The van der Waals surface area contributed by atoms with Crippen LogP contribution in [0.1, 0.15) is 74.8 Å². The van der Waals surface area contributed by atoms with E-state index >= 15 is 0 Å². The predicted octanol–water partition coefficient (Wildman–Crippen LogP) is 4.89. The van der Waals surface area contributed by atoms with Crippen molar-refractivity contribution >= 4 is 10.9 Å². The predicted molar refractivity (Wildman–Crippen MR) is 119 cm³/mol. The molecule has 1 aromatic carbocycles. The molecule has 2 atom stereocenters. The van der Waals surface area contributed by atoms with Gasteiger partial charge in [-0.3, -0.25) is 0 Å². The molecule has 0 aliphatic heterocycles. The summed E-state index contributed by atoms with van der Waals surface area (Å²) in [5, 5.41) is 18.3. The average Bonchev–Trinajstić information content (AvgIpc) is 3.45. The van der Waals surface area contributed by atoms with Gasteiger partial charge in [0.1, 0.15) is 0 Å². The number of nitrogens with one attached hydrogen (secondary N) is 2. The SMILES string of the molecule is C1=CC[C@@H]([C@H](NCCc2c[nH]c3ccccc23)c2nnnn2C2CCCCC2)CC1. The number of hydrogen-bond acceptors (Lipinski definition) is 4. The molecule has 0 saturated heterocycles. The van der Waals surface area contributed by atoms with E-state index in [1.54, 1.807) is 0 Å². The van der Waals surface area contributed by atoms with E-state index in [-0.39, 0.29) is 6.04 Å². The summed E-state index contributed by atoms with van der Waals surface area (Å²) in [6.07, 6.45) is 17.5. The van der Waals surface area contributed by atoms with E-state index < -0.39 is 0 Å². The lowest BCUT2D eigenvalue weighted by molar-refractivity contribution is 0.274. The largest absolute Gasteiger partial charge is 0.361 e. The van der Waals surface area contributed by atoms with Gasteiger partial charge in [-0.1, -0.05) is 49.6 Å². The van der Waals surface area contributed by atoms with Crippen molar-refractivity contribution in [3.8, 4) is 0 Å². The summed E-state index contributed by atoms with van der Waals surface area (Å²) in [7, 11) is 0. The van der Waals surface area contributed by atoms with Crippen LogP contribution >= 0.6 is 0 Å². The number of tetrazole rings is 1. The molecule has 3 aromatic rings. The van der Waals surface area contributed by atoms with Gasteiger partial charge >= 0.3 is 0 Å².